The average Bonchev–Trinajstić information content (AvgIpc) is 4.00. The molecule has 1 spiro atoms. The number of hydrogen-bond acceptors (Lipinski definition) is 11. The highest BCUT2D eigenvalue weighted by Gasteiger charge is 2.61. The van der Waals surface area contributed by atoms with Crippen LogP contribution >= 0.6 is 11.6 Å². The van der Waals surface area contributed by atoms with E-state index in [1.165, 1.54) is 0 Å². The zero-order valence-corrected chi connectivity index (χ0v) is 35.5. The van der Waals surface area contributed by atoms with Gasteiger partial charge in [-0.15, -0.1) is 0 Å². The van der Waals surface area contributed by atoms with Crippen molar-refractivity contribution in [2.45, 2.75) is 133 Å². The first-order valence-corrected chi connectivity index (χ1v) is 22.3. The number of piperidine rings is 2. The summed E-state index contributed by atoms with van der Waals surface area (Å²) in [6, 6.07) is 13.2. The van der Waals surface area contributed by atoms with Crippen molar-refractivity contribution in [2.75, 3.05) is 24.5 Å². The number of hydrogen-bond donors (Lipinski definition) is 2. The lowest BCUT2D eigenvalue weighted by Crippen LogP contribution is -2.55. The van der Waals surface area contributed by atoms with Crippen LogP contribution in [0, 0.1) is 17.2 Å². The molecule has 2 N–H and O–H groups in total. The zero-order chi connectivity index (χ0) is 42.4. The number of nitrogens with zero attached hydrogens (tertiary/aromatic N) is 6. The number of aromatic nitrogens is 2. The third-order valence-electron chi connectivity index (χ3n) is 13.8. The second-order valence-corrected chi connectivity index (χ2v) is 18.5. The van der Waals surface area contributed by atoms with Gasteiger partial charge in [0.05, 0.1) is 34.6 Å². The molecule has 15 heteroatoms. The van der Waals surface area contributed by atoms with E-state index in [-0.39, 0.29) is 48.3 Å². The molecule has 4 amide bonds. The number of rotatable bonds is 12. The predicted molar refractivity (Wildman–Crippen MR) is 226 cm³/mol. The van der Waals surface area contributed by atoms with Crippen LogP contribution in [0.15, 0.2) is 48.8 Å². The van der Waals surface area contributed by atoms with Crippen LogP contribution in [0.25, 0.3) is 0 Å². The van der Waals surface area contributed by atoms with Gasteiger partial charge >= 0.3 is 0 Å². The van der Waals surface area contributed by atoms with Crippen molar-refractivity contribution >= 4 is 41.0 Å². The smallest absolute Gasteiger partial charge is 0.271 e. The molecule has 61 heavy (non-hydrogen) atoms. The molecule has 1 unspecified atom stereocenters. The van der Waals surface area contributed by atoms with Crippen LogP contribution < -0.4 is 25.0 Å². The van der Waals surface area contributed by atoms with Crippen LogP contribution in [-0.4, -0.2) is 99.4 Å². The Morgan fingerprint density at radius 1 is 0.967 bits per heavy atom. The molecule has 0 bridgehead atoms. The number of amides is 4. The molecule has 3 aliphatic heterocycles. The van der Waals surface area contributed by atoms with Crippen molar-refractivity contribution in [1.82, 2.24) is 30.4 Å². The van der Waals surface area contributed by atoms with Crippen molar-refractivity contribution in [2.24, 2.45) is 5.92 Å². The van der Waals surface area contributed by atoms with Crippen molar-refractivity contribution < 1.29 is 28.7 Å². The first-order valence-electron chi connectivity index (χ1n) is 22.0. The summed E-state index contributed by atoms with van der Waals surface area (Å²) in [6.07, 6.45) is 12.8. The third-order valence-corrected chi connectivity index (χ3v) is 14.1. The fourth-order valence-corrected chi connectivity index (χ4v) is 10.4. The number of ether oxygens (including phenoxy) is 2. The topological polar surface area (TPSA) is 170 Å². The largest absolute Gasteiger partial charge is 0.490 e. The molecule has 1 atom stereocenters. The van der Waals surface area contributed by atoms with E-state index in [9.17, 15) is 19.2 Å². The van der Waals surface area contributed by atoms with E-state index in [4.69, 9.17) is 26.3 Å². The Bertz CT molecular complexity index is 2220. The van der Waals surface area contributed by atoms with Gasteiger partial charge in [0.1, 0.15) is 41.2 Å². The van der Waals surface area contributed by atoms with Crippen LogP contribution in [0.5, 0.6) is 11.5 Å². The standard InChI is InChI=1S/C46H53ClN8O6/c1-27(2)54(31-19-35(20-31)61-33-9-10-36-37(21-33)46(15-16-46)55(45(36)59)40-11-12-42(56)52-44(40)58)26-28-13-17-53(18-14-28)41-25-49-39(24-50-41)43(57)51-30-4-7-32(8-5-30)60-34-6-3-29(23-48)38(47)22-34/h3,6,9-10,21-22,24-25,27-28,30-32,35,40H,4-5,7-8,11-20,26H2,1-2H3,(H,51,57)(H,52,56,58)/t30-,31-,32-,35-,40?. The van der Waals surface area contributed by atoms with E-state index in [0.717, 1.165) is 101 Å². The molecule has 14 nitrogen and oxygen atoms in total. The maximum atomic E-state index is 13.5. The Morgan fingerprint density at radius 2 is 1.69 bits per heavy atom. The Kier molecular flexibility index (Phi) is 11.4. The lowest BCUT2D eigenvalue weighted by Gasteiger charge is -2.46. The summed E-state index contributed by atoms with van der Waals surface area (Å²) in [5, 5.41) is 15.0. The normalized spacial score (nSPS) is 25.8. The molecule has 4 heterocycles. The van der Waals surface area contributed by atoms with E-state index in [2.05, 4.69) is 50.3 Å². The van der Waals surface area contributed by atoms with Gasteiger partial charge in [-0.25, -0.2) is 9.97 Å². The highest BCUT2D eigenvalue weighted by molar-refractivity contribution is 6.31. The average molecular weight is 849 g/mol. The number of nitriles is 1. The minimum absolute atomic E-state index is 0.0244. The molecule has 1 aromatic heterocycles. The van der Waals surface area contributed by atoms with Crippen LogP contribution in [0.4, 0.5) is 5.82 Å². The first-order chi connectivity index (χ1) is 29.5. The third kappa shape index (κ3) is 8.39. The highest BCUT2D eigenvalue weighted by atomic mass is 35.5. The summed E-state index contributed by atoms with van der Waals surface area (Å²) >= 11 is 6.16. The number of carbonyl (C=O) groups is 4. The minimum atomic E-state index is -0.624. The first kappa shape index (κ1) is 41.1. The maximum Gasteiger partial charge on any atom is 0.271 e. The molecule has 3 saturated carbocycles. The van der Waals surface area contributed by atoms with Gasteiger partial charge in [0.25, 0.3) is 11.8 Å². The van der Waals surface area contributed by atoms with E-state index >= 15 is 0 Å². The van der Waals surface area contributed by atoms with Crippen LogP contribution in [-0.2, 0) is 15.1 Å². The van der Waals surface area contributed by atoms with Gasteiger partial charge in [-0.2, -0.15) is 5.26 Å². The summed E-state index contributed by atoms with van der Waals surface area (Å²) in [7, 11) is 0. The Balaban J connectivity index is 0.711. The Hall–Kier alpha value is -5.26. The van der Waals surface area contributed by atoms with E-state index < -0.39 is 11.6 Å². The molecule has 320 valence electrons. The van der Waals surface area contributed by atoms with Gasteiger partial charge < -0.3 is 24.6 Å². The zero-order valence-electron chi connectivity index (χ0n) is 34.8. The van der Waals surface area contributed by atoms with Crippen molar-refractivity contribution in [3.05, 3.63) is 76.2 Å². The number of carbonyl (C=O) groups excluding carboxylic acids is 4. The summed E-state index contributed by atoms with van der Waals surface area (Å²) in [5.74, 6) is 1.77. The van der Waals surface area contributed by atoms with Gasteiger partial charge in [0.2, 0.25) is 11.8 Å². The predicted octanol–water partition coefficient (Wildman–Crippen LogP) is 5.91. The summed E-state index contributed by atoms with van der Waals surface area (Å²) in [5.41, 5.74) is 1.84. The number of fused-ring (bicyclic) bond motifs is 2. The summed E-state index contributed by atoms with van der Waals surface area (Å²) < 4.78 is 12.6. The maximum absolute atomic E-state index is 13.5. The Labute approximate surface area is 361 Å². The fraction of sp³-hybridized carbons (Fsp3) is 0.543. The van der Waals surface area contributed by atoms with Gasteiger partial charge in [0, 0.05) is 68.7 Å². The van der Waals surface area contributed by atoms with Gasteiger partial charge in [0.15, 0.2) is 0 Å². The molecule has 2 saturated heterocycles. The van der Waals surface area contributed by atoms with Gasteiger partial charge in [-0.3, -0.25) is 29.4 Å². The van der Waals surface area contributed by atoms with Crippen molar-refractivity contribution in [1.29, 1.82) is 5.26 Å². The number of nitrogens with one attached hydrogen (secondary N) is 2. The van der Waals surface area contributed by atoms with E-state index in [1.807, 2.05) is 18.2 Å². The van der Waals surface area contributed by atoms with E-state index in [0.29, 0.717) is 52.0 Å². The summed E-state index contributed by atoms with van der Waals surface area (Å²) in [6.45, 7) is 7.35. The SMILES string of the molecule is CC(C)N(CC1CCN(c2cnc(C(=O)N[C@H]3CC[C@H](Oc4ccc(C#N)c(Cl)c4)CC3)cn2)CC1)[C@H]1C[C@H](Oc2ccc3c(c2)C2(CC2)N(C2CCC(=O)NC2=O)C3=O)C1. The molecular formula is C46H53ClN8O6. The molecule has 6 aliphatic rings. The monoisotopic (exact) mass is 848 g/mol. The molecule has 3 aromatic rings. The number of benzene rings is 2. The molecule has 9 rings (SSSR count). The fourth-order valence-electron chi connectivity index (χ4n) is 10.2. The Morgan fingerprint density at radius 3 is 2.34 bits per heavy atom. The lowest BCUT2D eigenvalue weighted by molar-refractivity contribution is -0.137. The molecule has 3 aliphatic carbocycles. The van der Waals surface area contributed by atoms with Crippen LogP contribution in [0.3, 0.4) is 0 Å². The van der Waals surface area contributed by atoms with Gasteiger partial charge in [-0.05, 0) is 113 Å². The van der Waals surface area contributed by atoms with Crippen LogP contribution in [0.1, 0.15) is 123 Å². The van der Waals surface area contributed by atoms with Crippen molar-refractivity contribution in [3.63, 3.8) is 0 Å². The van der Waals surface area contributed by atoms with Crippen LogP contribution in [0.2, 0.25) is 5.02 Å². The van der Waals surface area contributed by atoms with Gasteiger partial charge in [-0.1, -0.05) is 11.6 Å². The molecule has 2 aromatic carbocycles. The highest BCUT2D eigenvalue weighted by Crippen LogP contribution is 2.58. The minimum Gasteiger partial charge on any atom is -0.490 e. The molecular weight excluding hydrogens is 796 g/mol. The summed E-state index contributed by atoms with van der Waals surface area (Å²) in [4.78, 5) is 66.9. The second-order valence-electron chi connectivity index (χ2n) is 18.0. The van der Waals surface area contributed by atoms with Crippen molar-refractivity contribution in [3.8, 4) is 17.6 Å². The van der Waals surface area contributed by atoms with E-state index in [1.54, 1.807) is 35.5 Å². The number of halogens is 1. The quantitative estimate of drug-likeness (QED) is 0.208. The number of imide groups is 1. The second kappa shape index (κ2) is 16.9. The lowest BCUT2D eigenvalue weighted by atomic mass is 9.85. The number of anilines is 1. The molecule has 0 radical (unpaired) electrons. The molecule has 5 fully saturated rings.